The molecular weight excluding hydrogens is 763 g/mol. The minimum Gasteiger partial charge on any atom is -0.309 e. The van der Waals surface area contributed by atoms with E-state index in [0.717, 1.165) is 38.2 Å². The quantitative estimate of drug-likeness (QED) is 0.174. The molecule has 0 saturated carbocycles. The molecule has 0 aliphatic rings. The molecule has 0 atom stereocenters. The number of para-hydroxylation sites is 3. The van der Waals surface area contributed by atoms with E-state index < -0.39 is 0 Å². The molecule has 0 aliphatic carbocycles. The molecule has 284 valence electrons. The largest absolute Gasteiger partial charge is 0.309 e. The Morgan fingerprint density at radius 1 is 0.361 bits per heavy atom. The van der Waals surface area contributed by atoms with Crippen molar-refractivity contribution in [3.8, 4) is 45.5 Å². The molecule has 5 nitrogen and oxygen atoms in total. The highest BCUT2D eigenvalue weighted by molar-refractivity contribution is 7.26. The molecule has 0 fully saturated rings. The Bertz CT molecular complexity index is 3810. The lowest BCUT2D eigenvalue weighted by Gasteiger charge is -2.11. The lowest BCUT2D eigenvalue weighted by atomic mass is 9.99. The van der Waals surface area contributed by atoms with Gasteiger partial charge in [-0.25, -0.2) is 15.0 Å². The van der Waals surface area contributed by atoms with E-state index >= 15 is 0 Å². The van der Waals surface area contributed by atoms with Gasteiger partial charge in [0, 0.05) is 69.8 Å². The third-order valence-electron chi connectivity index (χ3n) is 12.1. The molecule has 0 spiro atoms. The van der Waals surface area contributed by atoms with Crippen molar-refractivity contribution >= 4 is 85.9 Å². The molecule has 4 heterocycles. The van der Waals surface area contributed by atoms with E-state index in [1.807, 2.05) is 36.4 Å². The highest BCUT2D eigenvalue weighted by Gasteiger charge is 2.23. The van der Waals surface area contributed by atoms with E-state index in [2.05, 4.69) is 173 Å². The first-order valence-corrected chi connectivity index (χ1v) is 21.3. The second-order valence-corrected chi connectivity index (χ2v) is 16.6. The van der Waals surface area contributed by atoms with Crippen LogP contribution in [0.25, 0.3) is 120 Å². The number of aromatic nitrogens is 5. The molecule has 61 heavy (non-hydrogen) atoms. The van der Waals surface area contributed by atoms with Gasteiger partial charge in [-0.1, -0.05) is 146 Å². The van der Waals surface area contributed by atoms with Crippen LogP contribution in [0.2, 0.25) is 0 Å². The van der Waals surface area contributed by atoms with Crippen molar-refractivity contribution in [2.24, 2.45) is 0 Å². The summed E-state index contributed by atoms with van der Waals surface area (Å²) >= 11 is 1.81. The zero-order chi connectivity index (χ0) is 40.0. The summed E-state index contributed by atoms with van der Waals surface area (Å²) in [5.74, 6) is 1.97. The molecular formula is C55H33N5S. The summed E-state index contributed by atoms with van der Waals surface area (Å²) in [6.07, 6.45) is 0. The molecule has 13 rings (SSSR count). The van der Waals surface area contributed by atoms with E-state index in [1.54, 1.807) is 11.3 Å². The molecule has 6 heteroatoms. The molecule has 4 aromatic heterocycles. The lowest BCUT2D eigenvalue weighted by molar-refractivity contribution is 1.08. The number of rotatable bonds is 5. The second kappa shape index (κ2) is 13.3. The minimum atomic E-state index is 0.653. The monoisotopic (exact) mass is 795 g/mol. The first-order chi connectivity index (χ1) is 30.3. The summed E-state index contributed by atoms with van der Waals surface area (Å²) in [4.78, 5) is 15.4. The zero-order valence-electron chi connectivity index (χ0n) is 32.7. The molecule has 13 aromatic rings. The van der Waals surface area contributed by atoms with Crippen molar-refractivity contribution in [2.75, 3.05) is 0 Å². The Balaban J connectivity index is 1.11. The van der Waals surface area contributed by atoms with Crippen LogP contribution in [0.5, 0.6) is 0 Å². The van der Waals surface area contributed by atoms with Gasteiger partial charge in [-0.3, -0.25) is 0 Å². The predicted molar refractivity (Wildman–Crippen MR) is 255 cm³/mol. The van der Waals surface area contributed by atoms with Crippen molar-refractivity contribution < 1.29 is 0 Å². The summed E-state index contributed by atoms with van der Waals surface area (Å²) in [5, 5.41) is 9.72. The van der Waals surface area contributed by atoms with Crippen LogP contribution in [0.1, 0.15) is 0 Å². The van der Waals surface area contributed by atoms with Gasteiger partial charge >= 0.3 is 0 Å². The average Bonchev–Trinajstić information content (AvgIpc) is 4.00. The molecule has 0 N–H and O–H groups in total. The SMILES string of the molecule is c1ccc(-c2nc(-c3ccccc3)nc(-c3cc4ccccc4c4c3sc3ccc(-n5c6ccccc6c6ccc7c(c8ccccc8n7-c7ccccc7)c65)cc34)n2)cc1. The van der Waals surface area contributed by atoms with E-state index in [-0.39, 0.29) is 0 Å². The second-order valence-electron chi connectivity index (χ2n) is 15.6. The van der Waals surface area contributed by atoms with Crippen LogP contribution in [0, 0.1) is 0 Å². The van der Waals surface area contributed by atoms with Gasteiger partial charge in [0.2, 0.25) is 0 Å². The van der Waals surface area contributed by atoms with Gasteiger partial charge in [-0.15, -0.1) is 11.3 Å². The smallest absolute Gasteiger partial charge is 0.165 e. The van der Waals surface area contributed by atoms with Crippen LogP contribution in [-0.4, -0.2) is 24.1 Å². The van der Waals surface area contributed by atoms with Gasteiger partial charge in [-0.05, 0) is 65.4 Å². The van der Waals surface area contributed by atoms with Crippen LogP contribution >= 0.6 is 11.3 Å². The summed E-state index contributed by atoms with van der Waals surface area (Å²) in [6, 6.07) is 71.4. The molecule has 0 unspecified atom stereocenters. The van der Waals surface area contributed by atoms with Gasteiger partial charge in [0.1, 0.15) is 0 Å². The van der Waals surface area contributed by atoms with E-state index in [4.69, 9.17) is 15.0 Å². The number of hydrogen-bond donors (Lipinski definition) is 0. The maximum Gasteiger partial charge on any atom is 0.165 e. The average molecular weight is 796 g/mol. The summed E-state index contributed by atoms with van der Waals surface area (Å²) in [5.41, 5.74) is 9.94. The van der Waals surface area contributed by atoms with Gasteiger partial charge in [0.15, 0.2) is 17.5 Å². The molecule has 0 amide bonds. The van der Waals surface area contributed by atoms with E-state index in [0.29, 0.717) is 17.5 Å². The Hall–Kier alpha value is -7.93. The Labute approximate surface area is 354 Å². The van der Waals surface area contributed by atoms with Crippen LogP contribution < -0.4 is 0 Å². The van der Waals surface area contributed by atoms with Crippen LogP contribution in [-0.2, 0) is 0 Å². The number of hydrogen-bond acceptors (Lipinski definition) is 4. The number of benzene rings is 9. The first kappa shape index (κ1) is 34.0. The first-order valence-electron chi connectivity index (χ1n) is 20.5. The third-order valence-corrected chi connectivity index (χ3v) is 13.3. The van der Waals surface area contributed by atoms with E-state index in [9.17, 15) is 0 Å². The Morgan fingerprint density at radius 2 is 0.951 bits per heavy atom. The predicted octanol–water partition coefficient (Wildman–Crippen LogP) is 14.6. The van der Waals surface area contributed by atoms with Crippen molar-refractivity contribution in [1.29, 1.82) is 0 Å². The number of nitrogens with zero attached hydrogens (tertiary/aromatic N) is 5. The van der Waals surface area contributed by atoms with E-state index in [1.165, 1.54) is 64.5 Å². The van der Waals surface area contributed by atoms with Crippen molar-refractivity contribution in [2.45, 2.75) is 0 Å². The van der Waals surface area contributed by atoms with Crippen LogP contribution in [0.15, 0.2) is 200 Å². The number of thiophene rings is 1. The van der Waals surface area contributed by atoms with Gasteiger partial charge < -0.3 is 9.13 Å². The topological polar surface area (TPSA) is 48.5 Å². The Kier molecular flexibility index (Phi) is 7.41. The summed E-state index contributed by atoms with van der Waals surface area (Å²) in [7, 11) is 0. The fraction of sp³-hybridized carbons (Fsp3) is 0. The van der Waals surface area contributed by atoms with Crippen LogP contribution in [0.4, 0.5) is 0 Å². The highest BCUT2D eigenvalue weighted by atomic mass is 32.1. The van der Waals surface area contributed by atoms with Gasteiger partial charge in [0.25, 0.3) is 0 Å². The van der Waals surface area contributed by atoms with Crippen LogP contribution in [0.3, 0.4) is 0 Å². The van der Waals surface area contributed by atoms with Crippen molar-refractivity contribution in [3.63, 3.8) is 0 Å². The number of fused-ring (bicyclic) bond motifs is 12. The Morgan fingerprint density at radius 3 is 1.67 bits per heavy atom. The molecule has 0 aliphatic heterocycles. The summed E-state index contributed by atoms with van der Waals surface area (Å²) in [6.45, 7) is 0. The standard InChI is InChI=1S/C55H33N5S/c1-4-16-34(17-5-1)53-56-54(35-18-6-2-7-19-35)58-55(57-53)44-32-36-20-10-11-23-39(36)49-43-33-38(28-31-48(43)61-52(44)49)60-45-26-14-12-24-40(45)41-29-30-47-50(51(41)60)42-25-13-15-27-46(42)59(47)37-21-8-3-9-22-37/h1-33H. The van der Waals surface area contributed by atoms with Gasteiger partial charge in [-0.2, -0.15) is 0 Å². The maximum absolute atomic E-state index is 5.21. The molecule has 0 bridgehead atoms. The fourth-order valence-corrected chi connectivity index (χ4v) is 10.7. The summed E-state index contributed by atoms with van der Waals surface area (Å²) < 4.78 is 7.27. The molecule has 0 saturated heterocycles. The molecule has 9 aromatic carbocycles. The highest BCUT2D eigenvalue weighted by Crippen LogP contribution is 2.46. The molecule has 0 radical (unpaired) electrons. The maximum atomic E-state index is 5.21. The van der Waals surface area contributed by atoms with Crippen molar-refractivity contribution in [1.82, 2.24) is 24.1 Å². The van der Waals surface area contributed by atoms with Gasteiger partial charge in [0.05, 0.1) is 22.1 Å². The third kappa shape index (κ3) is 5.16. The normalized spacial score (nSPS) is 11.9. The van der Waals surface area contributed by atoms with Crippen molar-refractivity contribution in [3.05, 3.63) is 200 Å². The minimum absolute atomic E-state index is 0.653. The zero-order valence-corrected chi connectivity index (χ0v) is 33.5. The lowest BCUT2D eigenvalue weighted by Crippen LogP contribution is -2.00. The fourth-order valence-electron chi connectivity index (χ4n) is 9.48.